The number of aromatic nitrogens is 2. The quantitative estimate of drug-likeness (QED) is 0.796. The van der Waals surface area contributed by atoms with Gasteiger partial charge in [0.15, 0.2) is 6.10 Å². The third kappa shape index (κ3) is 3.73. The van der Waals surface area contributed by atoms with Crippen molar-refractivity contribution in [1.82, 2.24) is 14.9 Å². The Hall–Kier alpha value is -2.83. The lowest BCUT2D eigenvalue weighted by atomic mass is 10.0. The van der Waals surface area contributed by atoms with E-state index in [4.69, 9.17) is 9.72 Å². The van der Waals surface area contributed by atoms with E-state index >= 15 is 0 Å². The molecule has 5 rings (SSSR count). The average molecular weight is 393 g/mol. The summed E-state index contributed by atoms with van der Waals surface area (Å²) in [6.45, 7) is 5.04. The number of piperazine rings is 1. The number of benzene rings is 1. The summed E-state index contributed by atoms with van der Waals surface area (Å²) in [6.07, 6.45) is 5.55. The van der Waals surface area contributed by atoms with Crippen LogP contribution in [-0.2, 0) is 11.2 Å². The number of hydrogen-bond donors (Lipinski definition) is 0. The van der Waals surface area contributed by atoms with E-state index in [0.29, 0.717) is 13.1 Å². The molecule has 2 aromatic rings. The highest BCUT2D eigenvalue weighted by Gasteiger charge is 2.32. The fraction of sp³-hybridized carbons (Fsp3) is 0.500. The first kappa shape index (κ1) is 18.2. The van der Waals surface area contributed by atoms with Crippen molar-refractivity contribution in [2.45, 2.75) is 31.8 Å². The number of fused-ring (bicyclic) bond motifs is 1. The molecule has 7 heteroatoms. The number of aryl methyl sites for hydroxylation is 1. The van der Waals surface area contributed by atoms with Crippen molar-refractivity contribution in [2.75, 3.05) is 49.1 Å². The van der Waals surface area contributed by atoms with Crippen molar-refractivity contribution in [3.8, 4) is 5.75 Å². The molecular formula is C22H27N5O2. The van der Waals surface area contributed by atoms with Crippen LogP contribution in [0.3, 0.4) is 0 Å². The van der Waals surface area contributed by atoms with Crippen LogP contribution in [0, 0.1) is 0 Å². The van der Waals surface area contributed by atoms with Crippen LogP contribution in [0.15, 0.2) is 36.5 Å². The zero-order valence-electron chi connectivity index (χ0n) is 16.7. The Morgan fingerprint density at radius 2 is 1.76 bits per heavy atom. The predicted molar refractivity (Wildman–Crippen MR) is 111 cm³/mol. The number of anilines is 2. The molecule has 3 aliphatic heterocycles. The molecule has 29 heavy (non-hydrogen) atoms. The standard InChI is InChI=1S/C22H27N5O2/c28-21(19-8-7-17-5-1-2-6-18(17)29-19)26-15-13-25(14-16-26)20-9-10-23-22(24-20)27-11-3-4-12-27/h1-2,5-6,9-10,19H,3-4,7-8,11-16H2. The summed E-state index contributed by atoms with van der Waals surface area (Å²) in [7, 11) is 0. The molecule has 0 N–H and O–H groups in total. The van der Waals surface area contributed by atoms with Gasteiger partial charge in [-0.1, -0.05) is 18.2 Å². The number of rotatable bonds is 3. The molecule has 152 valence electrons. The fourth-order valence-electron chi connectivity index (χ4n) is 4.44. The topological polar surface area (TPSA) is 61.8 Å². The maximum Gasteiger partial charge on any atom is 0.263 e. The molecule has 4 heterocycles. The number of carbonyl (C=O) groups excluding carboxylic acids is 1. The first-order valence-corrected chi connectivity index (χ1v) is 10.6. The first-order valence-electron chi connectivity index (χ1n) is 10.6. The molecule has 3 aliphatic rings. The first-order chi connectivity index (χ1) is 14.3. The van der Waals surface area contributed by atoms with Crippen molar-refractivity contribution in [3.63, 3.8) is 0 Å². The molecule has 7 nitrogen and oxygen atoms in total. The summed E-state index contributed by atoms with van der Waals surface area (Å²) in [5.74, 6) is 2.75. The van der Waals surface area contributed by atoms with Crippen LogP contribution in [-0.4, -0.2) is 66.1 Å². The second-order valence-electron chi connectivity index (χ2n) is 7.97. The highest BCUT2D eigenvalue weighted by Crippen LogP contribution is 2.28. The largest absolute Gasteiger partial charge is 0.480 e. The monoisotopic (exact) mass is 393 g/mol. The lowest BCUT2D eigenvalue weighted by Gasteiger charge is -2.37. The van der Waals surface area contributed by atoms with Gasteiger partial charge in [-0.25, -0.2) is 4.98 Å². The Balaban J connectivity index is 1.20. The Bertz CT molecular complexity index is 875. The van der Waals surface area contributed by atoms with Crippen LogP contribution in [0.2, 0.25) is 0 Å². The minimum Gasteiger partial charge on any atom is -0.480 e. The van der Waals surface area contributed by atoms with Gasteiger partial charge in [-0.15, -0.1) is 0 Å². The zero-order valence-corrected chi connectivity index (χ0v) is 16.7. The van der Waals surface area contributed by atoms with Crippen molar-refractivity contribution in [3.05, 3.63) is 42.1 Å². The fourth-order valence-corrected chi connectivity index (χ4v) is 4.44. The van der Waals surface area contributed by atoms with Gasteiger partial charge >= 0.3 is 0 Å². The molecular weight excluding hydrogens is 366 g/mol. The molecule has 0 radical (unpaired) electrons. The second-order valence-corrected chi connectivity index (χ2v) is 7.97. The van der Waals surface area contributed by atoms with Crippen LogP contribution < -0.4 is 14.5 Å². The maximum absolute atomic E-state index is 13.0. The van der Waals surface area contributed by atoms with Gasteiger partial charge in [-0.3, -0.25) is 4.79 Å². The molecule has 0 bridgehead atoms. The van der Waals surface area contributed by atoms with Gasteiger partial charge in [-0.2, -0.15) is 4.98 Å². The number of nitrogens with zero attached hydrogens (tertiary/aromatic N) is 5. The molecule has 0 saturated carbocycles. The number of amides is 1. The summed E-state index contributed by atoms with van der Waals surface area (Å²) < 4.78 is 6.00. The summed E-state index contributed by atoms with van der Waals surface area (Å²) in [6, 6.07) is 9.99. The van der Waals surface area contributed by atoms with E-state index in [1.165, 1.54) is 18.4 Å². The highest BCUT2D eigenvalue weighted by atomic mass is 16.5. The van der Waals surface area contributed by atoms with Gasteiger partial charge in [0.1, 0.15) is 11.6 Å². The molecule has 1 aromatic heterocycles. The molecule has 0 spiro atoms. The summed E-state index contributed by atoms with van der Waals surface area (Å²) in [5.41, 5.74) is 1.19. The van der Waals surface area contributed by atoms with Crippen molar-refractivity contribution in [1.29, 1.82) is 0 Å². The maximum atomic E-state index is 13.0. The second kappa shape index (κ2) is 7.89. The highest BCUT2D eigenvalue weighted by molar-refractivity contribution is 5.82. The Kier molecular flexibility index (Phi) is 4.96. The van der Waals surface area contributed by atoms with E-state index in [1.807, 2.05) is 35.4 Å². The lowest BCUT2D eigenvalue weighted by molar-refractivity contribution is -0.139. The van der Waals surface area contributed by atoms with Crippen LogP contribution in [0.25, 0.3) is 0 Å². The third-order valence-corrected chi connectivity index (χ3v) is 6.13. The van der Waals surface area contributed by atoms with E-state index in [2.05, 4.69) is 20.9 Å². The number of ether oxygens (including phenoxy) is 1. The van der Waals surface area contributed by atoms with E-state index in [9.17, 15) is 4.79 Å². The van der Waals surface area contributed by atoms with E-state index in [1.54, 1.807) is 0 Å². The van der Waals surface area contributed by atoms with Gasteiger partial charge < -0.3 is 19.4 Å². The number of para-hydroxylation sites is 1. The molecule has 1 atom stereocenters. The van der Waals surface area contributed by atoms with Gasteiger partial charge in [0.25, 0.3) is 5.91 Å². The SMILES string of the molecule is O=C(C1CCc2ccccc2O1)N1CCN(c2ccnc(N3CCCC3)n2)CC1. The van der Waals surface area contributed by atoms with Gasteiger partial charge in [0, 0.05) is 45.5 Å². The van der Waals surface area contributed by atoms with Crippen molar-refractivity contribution < 1.29 is 9.53 Å². The Morgan fingerprint density at radius 3 is 2.59 bits per heavy atom. The smallest absolute Gasteiger partial charge is 0.263 e. The Morgan fingerprint density at radius 1 is 0.966 bits per heavy atom. The minimum atomic E-state index is -0.364. The van der Waals surface area contributed by atoms with Crippen LogP contribution in [0.4, 0.5) is 11.8 Å². The third-order valence-electron chi connectivity index (χ3n) is 6.13. The zero-order chi connectivity index (χ0) is 19.6. The summed E-state index contributed by atoms with van der Waals surface area (Å²) in [4.78, 5) is 28.7. The van der Waals surface area contributed by atoms with E-state index in [0.717, 1.165) is 56.5 Å². The van der Waals surface area contributed by atoms with Crippen LogP contribution in [0.5, 0.6) is 5.75 Å². The lowest BCUT2D eigenvalue weighted by Crippen LogP contribution is -2.53. The average Bonchev–Trinajstić information content (AvgIpc) is 3.34. The summed E-state index contributed by atoms with van der Waals surface area (Å²) in [5, 5.41) is 0. The van der Waals surface area contributed by atoms with Crippen molar-refractivity contribution >= 4 is 17.7 Å². The normalized spacial score (nSPS) is 21.7. The van der Waals surface area contributed by atoms with Gasteiger partial charge in [-0.05, 0) is 43.4 Å². The minimum absolute atomic E-state index is 0.111. The molecule has 2 fully saturated rings. The molecule has 2 saturated heterocycles. The van der Waals surface area contributed by atoms with Crippen LogP contribution >= 0.6 is 0 Å². The van der Waals surface area contributed by atoms with Crippen LogP contribution in [0.1, 0.15) is 24.8 Å². The molecule has 1 amide bonds. The molecule has 1 unspecified atom stereocenters. The van der Waals surface area contributed by atoms with Gasteiger partial charge in [0.2, 0.25) is 5.95 Å². The van der Waals surface area contributed by atoms with E-state index in [-0.39, 0.29) is 12.0 Å². The van der Waals surface area contributed by atoms with Crippen molar-refractivity contribution in [2.24, 2.45) is 0 Å². The van der Waals surface area contributed by atoms with Gasteiger partial charge in [0.05, 0.1) is 0 Å². The van der Waals surface area contributed by atoms with E-state index < -0.39 is 0 Å². The predicted octanol–water partition coefficient (Wildman–Crippen LogP) is 2.12. The number of hydrogen-bond acceptors (Lipinski definition) is 6. The Labute approximate surface area is 171 Å². The molecule has 0 aliphatic carbocycles. The molecule has 1 aromatic carbocycles. The number of carbonyl (C=O) groups is 1. The summed E-state index contributed by atoms with van der Waals surface area (Å²) >= 11 is 0.